The zero-order valence-corrected chi connectivity index (χ0v) is 14.5. The van der Waals surface area contributed by atoms with Gasteiger partial charge in [-0.15, -0.1) is 0 Å². The van der Waals surface area contributed by atoms with Gasteiger partial charge in [0.15, 0.2) is 0 Å². The second-order valence-electron chi connectivity index (χ2n) is 5.90. The second-order valence-corrected chi connectivity index (χ2v) is 5.90. The summed E-state index contributed by atoms with van der Waals surface area (Å²) in [6.07, 6.45) is 1.98. The highest BCUT2D eigenvalue weighted by Crippen LogP contribution is 2.32. The highest BCUT2D eigenvalue weighted by Gasteiger charge is 2.13. The lowest BCUT2D eigenvalue weighted by atomic mass is 10.0. The molecular weight excluding hydrogens is 272 g/mol. The highest BCUT2D eigenvalue weighted by molar-refractivity contribution is 6.02. The monoisotopic (exact) mass is 300 g/mol. The summed E-state index contributed by atoms with van der Waals surface area (Å²) in [6.45, 7) is 10.4. The Morgan fingerprint density at radius 3 is 2.50 bits per heavy atom. The van der Waals surface area contributed by atoms with Crippen LogP contribution >= 0.6 is 0 Å². The lowest BCUT2D eigenvalue weighted by Gasteiger charge is -2.23. The van der Waals surface area contributed by atoms with Gasteiger partial charge in [0, 0.05) is 37.0 Å². The van der Waals surface area contributed by atoms with E-state index in [0.717, 1.165) is 37.7 Å². The summed E-state index contributed by atoms with van der Waals surface area (Å²) in [7, 11) is 4.18. The van der Waals surface area contributed by atoms with E-state index < -0.39 is 0 Å². The van der Waals surface area contributed by atoms with Crippen molar-refractivity contribution in [2.45, 2.75) is 20.8 Å². The van der Waals surface area contributed by atoms with Gasteiger partial charge in [-0.25, -0.2) is 4.98 Å². The predicted molar refractivity (Wildman–Crippen MR) is 97.1 cm³/mol. The van der Waals surface area contributed by atoms with E-state index in [1.165, 1.54) is 16.3 Å². The second kappa shape index (κ2) is 7.45. The molecule has 1 aromatic heterocycles. The Hall–Kier alpha value is -1.81. The van der Waals surface area contributed by atoms with Crippen LogP contribution in [0.4, 0.5) is 11.5 Å². The molecule has 4 heteroatoms. The summed E-state index contributed by atoms with van der Waals surface area (Å²) in [5.41, 5.74) is 2.40. The lowest BCUT2D eigenvalue weighted by Crippen LogP contribution is -2.24. The van der Waals surface area contributed by atoms with Crippen molar-refractivity contribution in [2.75, 3.05) is 50.5 Å². The molecule has 1 N–H and O–H groups in total. The highest BCUT2D eigenvalue weighted by atomic mass is 15.2. The molecule has 2 aromatic rings. The quantitative estimate of drug-likeness (QED) is 0.849. The van der Waals surface area contributed by atoms with Gasteiger partial charge in [0.05, 0.1) is 11.9 Å². The molecule has 2 rings (SSSR count). The third-order valence-electron chi connectivity index (χ3n) is 4.04. The lowest BCUT2D eigenvalue weighted by molar-refractivity contribution is 0.425. The fraction of sp³-hybridized carbons (Fsp3) is 0.500. The molecule has 4 nitrogen and oxygen atoms in total. The summed E-state index contributed by atoms with van der Waals surface area (Å²) in [5.74, 6) is 1.09. The van der Waals surface area contributed by atoms with Crippen molar-refractivity contribution in [1.82, 2.24) is 9.88 Å². The van der Waals surface area contributed by atoms with Crippen LogP contribution in [-0.2, 0) is 0 Å². The molecule has 120 valence electrons. The normalized spacial score (nSPS) is 11.2. The van der Waals surface area contributed by atoms with Gasteiger partial charge in [0.25, 0.3) is 0 Å². The number of rotatable bonds is 7. The first-order valence-electron chi connectivity index (χ1n) is 8.10. The van der Waals surface area contributed by atoms with Crippen molar-refractivity contribution in [3.05, 3.63) is 30.0 Å². The van der Waals surface area contributed by atoms with E-state index in [-0.39, 0.29) is 0 Å². The van der Waals surface area contributed by atoms with Crippen molar-refractivity contribution in [3.63, 3.8) is 0 Å². The van der Waals surface area contributed by atoms with Gasteiger partial charge in [-0.05, 0) is 40.4 Å². The number of likely N-dealkylation sites (N-methyl/N-ethyl adjacent to an activating group) is 1. The van der Waals surface area contributed by atoms with Crippen molar-refractivity contribution >= 4 is 22.3 Å². The van der Waals surface area contributed by atoms with Gasteiger partial charge in [-0.1, -0.05) is 18.2 Å². The molecule has 0 aliphatic carbocycles. The smallest absolute Gasteiger partial charge is 0.136 e. The van der Waals surface area contributed by atoms with Gasteiger partial charge < -0.3 is 15.1 Å². The number of anilines is 2. The van der Waals surface area contributed by atoms with Gasteiger partial charge in [-0.3, -0.25) is 0 Å². The number of hydrogen-bond acceptors (Lipinski definition) is 4. The Labute approximate surface area is 134 Å². The largest absolute Gasteiger partial charge is 0.382 e. The van der Waals surface area contributed by atoms with Crippen LogP contribution < -0.4 is 10.2 Å². The first kappa shape index (κ1) is 16.6. The first-order chi connectivity index (χ1) is 10.6. The molecule has 0 aliphatic rings. The third-order valence-corrected chi connectivity index (χ3v) is 4.04. The standard InChI is InChI=1S/C18H28N4/c1-6-22(7-2)18-17-14(3)9-8-10-15(17)16(13-20-18)19-11-12-21(4)5/h8-10,13,19H,6-7,11-12H2,1-5H3. The van der Waals surface area contributed by atoms with Gasteiger partial charge in [0.1, 0.15) is 5.82 Å². The van der Waals surface area contributed by atoms with Crippen molar-refractivity contribution in [2.24, 2.45) is 0 Å². The molecule has 0 saturated heterocycles. The molecule has 22 heavy (non-hydrogen) atoms. The van der Waals surface area contributed by atoms with Gasteiger partial charge in [-0.2, -0.15) is 0 Å². The number of aromatic nitrogens is 1. The van der Waals surface area contributed by atoms with Crippen LogP contribution in [0.2, 0.25) is 0 Å². The summed E-state index contributed by atoms with van der Waals surface area (Å²) < 4.78 is 0. The minimum atomic E-state index is 0.919. The molecule has 1 aromatic carbocycles. The van der Waals surface area contributed by atoms with E-state index in [1.807, 2.05) is 6.20 Å². The Morgan fingerprint density at radius 2 is 1.86 bits per heavy atom. The van der Waals surface area contributed by atoms with Crippen LogP contribution in [0.25, 0.3) is 10.8 Å². The molecule has 0 radical (unpaired) electrons. The van der Waals surface area contributed by atoms with E-state index >= 15 is 0 Å². The van der Waals surface area contributed by atoms with Crippen molar-refractivity contribution in [1.29, 1.82) is 0 Å². The maximum Gasteiger partial charge on any atom is 0.136 e. The topological polar surface area (TPSA) is 31.4 Å². The zero-order chi connectivity index (χ0) is 16.1. The number of nitrogens with zero attached hydrogens (tertiary/aromatic N) is 3. The third kappa shape index (κ3) is 3.50. The number of hydrogen-bond donors (Lipinski definition) is 1. The Morgan fingerprint density at radius 1 is 1.14 bits per heavy atom. The SMILES string of the molecule is CCN(CC)c1ncc(NCCN(C)C)c2cccc(C)c12. The maximum absolute atomic E-state index is 4.76. The number of nitrogens with one attached hydrogen (secondary N) is 1. The van der Waals surface area contributed by atoms with Crippen LogP contribution in [-0.4, -0.2) is 50.2 Å². The minimum Gasteiger partial charge on any atom is -0.382 e. The average molecular weight is 300 g/mol. The molecule has 0 unspecified atom stereocenters. The van der Waals surface area contributed by atoms with E-state index in [4.69, 9.17) is 4.98 Å². The maximum atomic E-state index is 4.76. The minimum absolute atomic E-state index is 0.919. The van der Waals surface area contributed by atoms with Gasteiger partial charge in [0.2, 0.25) is 0 Å². The molecule has 0 bridgehead atoms. The molecule has 1 heterocycles. The molecule has 0 atom stereocenters. The molecule has 0 amide bonds. The predicted octanol–water partition coefficient (Wildman–Crippen LogP) is 3.36. The van der Waals surface area contributed by atoms with Gasteiger partial charge >= 0.3 is 0 Å². The molecule has 0 saturated carbocycles. The first-order valence-corrected chi connectivity index (χ1v) is 8.10. The number of benzene rings is 1. The summed E-state index contributed by atoms with van der Waals surface area (Å²) in [5, 5.41) is 6.05. The van der Waals surface area contributed by atoms with Crippen molar-refractivity contribution in [3.8, 4) is 0 Å². The number of fused-ring (bicyclic) bond motifs is 1. The van der Waals surface area contributed by atoms with Crippen LogP contribution in [0.5, 0.6) is 0 Å². The number of aryl methyl sites for hydroxylation is 1. The molecule has 0 aliphatic heterocycles. The van der Waals surface area contributed by atoms with E-state index in [2.05, 4.69) is 68.2 Å². The van der Waals surface area contributed by atoms with E-state index in [9.17, 15) is 0 Å². The fourth-order valence-corrected chi connectivity index (χ4v) is 2.77. The Balaban J connectivity index is 2.45. The van der Waals surface area contributed by atoms with E-state index in [0.29, 0.717) is 0 Å². The number of pyridine rings is 1. The van der Waals surface area contributed by atoms with Crippen LogP contribution in [0, 0.1) is 6.92 Å². The van der Waals surface area contributed by atoms with Crippen molar-refractivity contribution < 1.29 is 0 Å². The molecular formula is C18H28N4. The van der Waals surface area contributed by atoms with Crippen LogP contribution in [0.15, 0.2) is 24.4 Å². The van der Waals surface area contributed by atoms with Crippen LogP contribution in [0.1, 0.15) is 19.4 Å². The van der Waals surface area contributed by atoms with Crippen LogP contribution in [0.3, 0.4) is 0 Å². The zero-order valence-electron chi connectivity index (χ0n) is 14.5. The average Bonchev–Trinajstić information content (AvgIpc) is 2.50. The molecule has 0 fully saturated rings. The summed E-state index contributed by atoms with van der Waals surface area (Å²) >= 11 is 0. The summed E-state index contributed by atoms with van der Waals surface area (Å²) in [6, 6.07) is 6.48. The Kier molecular flexibility index (Phi) is 5.61. The molecule has 0 spiro atoms. The fourth-order valence-electron chi connectivity index (χ4n) is 2.77. The van der Waals surface area contributed by atoms with E-state index in [1.54, 1.807) is 0 Å². The Bertz CT molecular complexity index is 618. The summed E-state index contributed by atoms with van der Waals surface area (Å²) in [4.78, 5) is 9.25.